The fourth-order valence-corrected chi connectivity index (χ4v) is 4.40. The highest BCUT2D eigenvalue weighted by Crippen LogP contribution is 2.43. The number of carbonyl (C=O) groups is 1. The quantitative estimate of drug-likeness (QED) is 0.582. The van der Waals surface area contributed by atoms with Crippen LogP contribution >= 0.6 is 23.4 Å². The summed E-state index contributed by atoms with van der Waals surface area (Å²) in [5, 5.41) is 10.9. The minimum atomic E-state index is -0.590. The van der Waals surface area contributed by atoms with Crippen LogP contribution in [0.4, 0.5) is 5.69 Å². The summed E-state index contributed by atoms with van der Waals surface area (Å²) >= 11 is 7.47. The summed E-state index contributed by atoms with van der Waals surface area (Å²) in [6, 6.07) is 9.72. The van der Waals surface area contributed by atoms with Gasteiger partial charge in [-0.25, -0.2) is 0 Å². The number of hydrogen-bond donors (Lipinski definition) is 0. The lowest BCUT2D eigenvalue weighted by atomic mass is 10.1. The van der Waals surface area contributed by atoms with Gasteiger partial charge < -0.3 is 14.4 Å². The third-order valence-corrected chi connectivity index (χ3v) is 5.80. The highest BCUT2D eigenvalue weighted by Gasteiger charge is 2.33. The van der Waals surface area contributed by atoms with E-state index in [1.54, 1.807) is 16.7 Å². The summed E-state index contributed by atoms with van der Waals surface area (Å²) in [5.41, 5.74) is 0.895. The molecule has 4 rings (SSSR count). The SMILES string of the molecule is O=C(c1ccc(Cl)c([N+](=O)[O-])c1)N1CCSC1c1ccc2c(c1)OCO2. The number of fused-ring (bicyclic) bond motifs is 1. The number of halogens is 1. The van der Waals surface area contributed by atoms with Gasteiger partial charge in [0, 0.05) is 23.9 Å². The van der Waals surface area contributed by atoms with Gasteiger partial charge in [0.15, 0.2) is 11.5 Å². The molecular formula is C17H13ClN2O5S. The van der Waals surface area contributed by atoms with Gasteiger partial charge >= 0.3 is 0 Å². The largest absolute Gasteiger partial charge is 0.454 e. The van der Waals surface area contributed by atoms with Crippen molar-refractivity contribution in [2.24, 2.45) is 0 Å². The zero-order valence-electron chi connectivity index (χ0n) is 13.4. The molecule has 1 unspecified atom stereocenters. The second-order valence-corrected chi connectivity index (χ2v) is 7.35. The van der Waals surface area contributed by atoms with Crippen LogP contribution in [-0.2, 0) is 0 Å². The van der Waals surface area contributed by atoms with Crippen LogP contribution in [-0.4, -0.2) is 34.8 Å². The number of hydrogen-bond acceptors (Lipinski definition) is 6. The Hall–Kier alpha value is -2.45. The molecule has 0 N–H and O–H groups in total. The maximum absolute atomic E-state index is 12.9. The summed E-state index contributed by atoms with van der Waals surface area (Å²) in [7, 11) is 0. The van der Waals surface area contributed by atoms with Gasteiger partial charge in [0.2, 0.25) is 6.79 Å². The molecule has 26 heavy (non-hydrogen) atoms. The van der Waals surface area contributed by atoms with E-state index in [0.29, 0.717) is 18.0 Å². The third-order valence-electron chi connectivity index (χ3n) is 4.22. The number of nitro groups is 1. The van der Waals surface area contributed by atoms with E-state index in [0.717, 1.165) is 11.3 Å². The van der Waals surface area contributed by atoms with Gasteiger partial charge in [-0.15, -0.1) is 11.8 Å². The van der Waals surface area contributed by atoms with Crippen LogP contribution in [0.5, 0.6) is 11.5 Å². The van der Waals surface area contributed by atoms with Crippen molar-refractivity contribution in [3.63, 3.8) is 0 Å². The minimum absolute atomic E-state index is 0.00895. The molecule has 2 heterocycles. The predicted octanol–water partition coefficient (Wildman–Crippen LogP) is 3.86. The zero-order chi connectivity index (χ0) is 18.3. The Kier molecular flexibility index (Phi) is 4.37. The van der Waals surface area contributed by atoms with Crippen LogP contribution in [0.2, 0.25) is 5.02 Å². The van der Waals surface area contributed by atoms with E-state index in [1.165, 1.54) is 18.2 Å². The molecule has 1 saturated heterocycles. The molecule has 2 aliphatic rings. The maximum Gasteiger partial charge on any atom is 0.288 e. The van der Waals surface area contributed by atoms with E-state index in [4.69, 9.17) is 21.1 Å². The van der Waals surface area contributed by atoms with Crippen LogP contribution in [0, 0.1) is 10.1 Å². The van der Waals surface area contributed by atoms with Crippen molar-refractivity contribution < 1.29 is 19.2 Å². The highest BCUT2D eigenvalue weighted by atomic mass is 35.5. The molecule has 2 aliphatic heterocycles. The van der Waals surface area contributed by atoms with E-state index in [-0.39, 0.29) is 34.3 Å². The van der Waals surface area contributed by atoms with Crippen molar-refractivity contribution in [1.82, 2.24) is 4.90 Å². The average molecular weight is 393 g/mol. The summed E-state index contributed by atoms with van der Waals surface area (Å²) in [4.78, 5) is 25.1. The fraction of sp³-hybridized carbons (Fsp3) is 0.235. The Bertz CT molecular complexity index is 907. The number of nitrogens with zero attached hydrogens (tertiary/aromatic N) is 2. The summed E-state index contributed by atoms with van der Waals surface area (Å²) in [6.45, 7) is 0.743. The summed E-state index contributed by atoms with van der Waals surface area (Å²) < 4.78 is 10.7. The number of carbonyl (C=O) groups excluding carboxylic acids is 1. The molecule has 134 valence electrons. The Balaban J connectivity index is 1.63. The monoisotopic (exact) mass is 392 g/mol. The van der Waals surface area contributed by atoms with Gasteiger partial charge in [0.1, 0.15) is 10.4 Å². The Labute approximate surface area is 158 Å². The normalized spacial score (nSPS) is 18.2. The lowest BCUT2D eigenvalue weighted by molar-refractivity contribution is -0.384. The molecule has 0 spiro atoms. The zero-order valence-corrected chi connectivity index (χ0v) is 15.0. The molecule has 0 aliphatic carbocycles. The van der Waals surface area contributed by atoms with Crippen LogP contribution in [0.1, 0.15) is 21.3 Å². The molecule has 0 radical (unpaired) electrons. The molecule has 9 heteroatoms. The van der Waals surface area contributed by atoms with E-state index in [1.807, 2.05) is 18.2 Å². The van der Waals surface area contributed by atoms with Gasteiger partial charge in [-0.1, -0.05) is 17.7 Å². The van der Waals surface area contributed by atoms with Crippen molar-refractivity contribution >= 4 is 35.0 Å². The first-order chi connectivity index (χ1) is 12.5. The smallest absolute Gasteiger partial charge is 0.288 e. The minimum Gasteiger partial charge on any atom is -0.454 e. The highest BCUT2D eigenvalue weighted by molar-refractivity contribution is 7.99. The molecule has 1 amide bonds. The Morgan fingerprint density at radius 3 is 2.85 bits per heavy atom. The summed E-state index contributed by atoms with van der Waals surface area (Å²) in [6.07, 6.45) is 0. The number of thioether (sulfide) groups is 1. The molecule has 7 nitrogen and oxygen atoms in total. The number of ether oxygens (including phenoxy) is 2. The molecular weight excluding hydrogens is 380 g/mol. The third kappa shape index (κ3) is 2.95. The number of rotatable bonds is 3. The number of benzene rings is 2. The Morgan fingerprint density at radius 2 is 2.04 bits per heavy atom. The van der Waals surface area contributed by atoms with Crippen LogP contribution in [0.25, 0.3) is 0 Å². The number of nitro benzene ring substituents is 1. The molecule has 1 atom stereocenters. The first kappa shape index (κ1) is 17.0. The first-order valence-corrected chi connectivity index (χ1v) is 9.23. The van der Waals surface area contributed by atoms with Crippen molar-refractivity contribution in [2.45, 2.75) is 5.37 Å². The molecule has 0 aromatic heterocycles. The average Bonchev–Trinajstić information content (AvgIpc) is 3.29. The van der Waals surface area contributed by atoms with Crippen LogP contribution in [0.15, 0.2) is 36.4 Å². The standard InChI is InChI=1S/C17H13ClN2O5S/c18-12-3-1-10(7-13(12)20(22)23)16(21)19-5-6-26-17(19)11-2-4-14-15(8-11)25-9-24-14/h1-4,7-8,17H,5-6,9H2. The maximum atomic E-state index is 12.9. The topological polar surface area (TPSA) is 81.9 Å². The second kappa shape index (κ2) is 6.69. The van der Waals surface area contributed by atoms with Gasteiger partial charge in [-0.05, 0) is 29.8 Å². The van der Waals surface area contributed by atoms with E-state index < -0.39 is 4.92 Å². The van der Waals surface area contributed by atoms with E-state index >= 15 is 0 Å². The van der Waals surface area contributed by atoms with Crippen LogP contribution < -0.4 is 9.47 Å². The fourth-order valence-electron chi connectivity index (χ4n) is 2.97. The van der Waals surface area contributed by atoms with Crippen molar-refractivity contribution in [2.75, 3.05) is 19.1 Å². The van der Waals surface area contributed by atoms with Gasteiger partial charge in [-0.3, -0.25) is 14.9 Å². The first-order valence-electron chi connectivity index (χ1n) is 7.80. The van der Waals surface area contributed by atoms with Gasteiger partial charge in [0.05, 0.1) is 4.92 Å². The predicted molar refractivity (Wildman–Crippen MR) is 96.9 cm³/mol. The number of amides is 1. The summed E-state index contributed by atoms with van der Waals surface area (Å²) in [5.74, 6) is 1.85. The molecule has 1 fully saturated rings. The van der Waals surface area contributed by atoms with Crippen molar-refractivity contribution in [3.8, 4) is 11.5 Å². The molecule has 2 aromatic rings. The van der Waals surface area contributed by atoms with Crippen molar-refractivity contribution in [1.29, 1.82) is 0 Å². The molecule has 0 bridgehead atoms. The van der Waals surface area contributed by atoms with E-state index in [2.05, 4.69) is 0 Å². The lowest BCUT2D eigenvalue weighted by Crippen LogP contribution is -2.30. The molecule has 2 aromatic carbocycles. The van der Waals surface area contributed by atoms with Crippen LogP contribution in [0.3, 0.4) is 0 Å². The lowest BCUT2D eigenvalue weighted by Gasteiger charge is -2.24. The Morgan fingerprint density at radius 1 is 1.23 bits per heavy atom. The molecule has 0 saturated carbocycles. The van der Waals surface area contributed by atoms with E-state index in [9.17, 15) is 14.9 Å². The van der Waals surface area contributed by atoms with Gasteiger partial charge in [-0.2, -0.15) is 0 Å². The van der Waals surface area contributed by atoms with Crippen molar-refractivity contribution in [3.05, 3.63) is 62.7 Å². The van der Waals surface area contributed by atoms with Gasteiger partial charge in [0.25, 0.3) is 11.6 Å². The second-order valence-electron chi connectivity index (χ2n) is 5.76.